The lowest BCUT2D eigenvalue weighted by Gasteiger charge is -2.23. The van der Waals surface area contributed by atoms with Gasteiger partial charge < -0.3 is 4.42 Å². The van der Waals surface area contributed by atoms with Crippen LogP contribution in [-0.4, -0.2) is 15.6 Å². The SMILES string of the molecule is Cn1c(=O)oc2ccc(-c3cncc(CC(C#N)NC(c4ccccc4)c4ccccc4)c3)cc21. The van der Waals surface area contributed by atoms with Crippen molar-refractivity contribution in [2.45, 2.75) is 18.5 Å². The number of rotatable bonds is 7. The number of benzene rings is 3. The first kappa shape index (κ1) is 22.3. The molecule has 2 heterocycles. The van der Waals surface area contributed by atoms with Crippen LogP contribution in [0.25, 0.3) is 22.2 Å². The largest absolute Gasteiger partial charge is 0.419 e. The van der Waals surface area contributed by atoms with Crippen LogP contribution in [0.2, 0.25) is 0 Å². The summed E-state index contributed by atoms with van der Waals surface area (Å²) >= 11 is 0. The lowest BCUT2D eigenvalue weighted by Crippen LogP contribution is -2.34. The lowest BCUT2D eigenvalue weighted by atomic mass is 9.96. The average molecular weight is 461 g/mol. The number of hydrogen-bond donors (Lipinski definition) is 1. The Morgan fingerprint density at radius 2 is 1.63 bits per heavy atom. The molecule has 1 N–H and O–H groups in total. The van der Waals surface area contributed by atoms with Gasteiger partial charge in [0.15, 0.2) is 5.58 Å². The van der Waals surface area contributed by atoms with Gasteiger partial charge in [0.05, 0.1) is 17.6 Å². The minimum absolute atomic E-state index is 0.108. The van der Waals surface area contributed by atoms with E-state index in [9.17, 15) is 10.1 Å². The van der Waals surface area contributed by atoms with Gasteiger partial charge in [-0.05, 0) is 40.5 Å². The van der Waals surface area contributed by atoms with E-state index in [0.29, 0.717) is 12.0 Å². The van der Waals surface area contributed by atoms with Crippen molar-refractivity contribution in [2.24, 2.45) is 7.05 Å². The van der Waals surface area contributed by atoms with Crippen LogP contribution in [0.4, 0.5) is 0 Å². The first-order valence-corrected chi connectivity index (χ1v) is 11.4. The normalized spacial score (nSPS) is 12.0. The summed E-state index contributed by atoms with van der Waals surface area (Å²) in [6, 6.07) is 29.8. The molecule has 2 aromatic heterocycles. The summed E-state index contributed by atoms with van der Waals surface area (Å²) in [6.45, 7) is 0. The molecule has 35 heavy (non-hydrogen) atoms. The van der Waals surface area contributed by atoms with E-state index in [4.69, 9.17) is 4.42 Å². The van der Waals surface area contributed by atoms with Crippen LogP contribution >= 0.6 is 0 Å². The Bertz CT molecular complexity index is 1510. The number of nitriles is 1. The lowest BCUT2D eigenvalue weighted by molar-refractivity contribution is 0.528. The van der Waals surface area contributed by atoms with Crippen LogP contribution in [0.5, 0.6) is 0 Å². The Morgan fingerprint density at radius 3 is 2.29 bits per heavy atom. The fourth-order valence-corrected chi connectivity index (χ4v) is 4.32. The van der Waals surface area contributed by atoms with Crippen molar-refractivity contribution in [1.82, 2.24) is 14.9 Å². The minimum Gasteiger partial charge on any atom is -0.408 e. The highest BCUT2D eigenvalue weighted by molar-refractivity contribution is 5.80. The molecule has 6 heteroatoms. The summed E-state index contributed by atoms with van der Waals surface area (Å²) in [6.07, 6.45) is 4.08. The van der Waals surface area contributed by atoms with Crippen LogP contribution < -0.4 is 11.1 Å². The predicted octanol–water partition coefficient (Wildman–Crippen LogP) is 5.01. The molecule has 0 fully saturated rings. The number of hydrogen-bond acceptors (Lipinski definition) is 5. The molecule has 0 saturated heterocycles. The Hall–Kier alpha value is -4.47. The van der Waals surface area contributed by atoms with Gasteiger partial charge in [-0.25, -0.2) is 4.79 Å². The molecule has 0 amide bonds. The van der Waals surface area contributed by atoms with E-state index >= 15 is 0 Å². The third-order valence-electron chi connectivity index (χ3n) is 6.15. The third kappa shape index (κ3) is 4.77. The highest BCUT2D eigenvalue weighted by Crippen LogP contribution is 2.26. The van der Waals surface area contributed by atoms with Gasteiger partial charge in [-0.3, -0.25) is 14.9 Å². The van der Waals surface area contributed by atoms with Gasteiger partial charge in [-0.1, -0.05) is 66.7 Å². The Balaban J connectivity index is 1.41. The predicted molar refractivity (Wildman–Crippen MR) is 136 cm³/mol. The Kier molecular flexibility index (Phi) is 6.25. The van der Waals surface area contributed by atoms with E-state index in [-0.39, 0.29) is 6.04 Å². The molecule has 0 radical (unpaired) electrons. The number of fused-ring (bicyclic) bond motifs is 1. The Labute approximate surface area is 203 Å². The highest BCUT2D eigenvalue weighted by Gasteiger charge is 2.19. The molecule has 5 aromatic rings. The second-order valence-corrected chi connectivity index (χ2v) is 8.50. The zero-order valence-electron chi connectivity index (χ0n) is 19.3. The van der Waals surface area contributed by atoms with Crippen LogP contribution in [0.1, 0.15) is 22.7 Å². The molecule has 1 unspecified atom stereocenters. The van der Waals surface area contributed by atoms with E-state index < -0.39 is 11.8 Å². The van der Waals surface area contributed by atoms with Gasteiger partial charge in [0.25, 0.3) is 0 Å². The highest BCUT2D eigenvalue weighted by atomic mass is 16.4. The molecule has 0 aliphatic heterocycles. The number of pyridine rings is 1. The van der Waals surface area contributed by atoms with Gasteiger partial charge in [0, 0.05) is 31.4 Å². The van der Waals surface area contributed by atoms with E-state index in [1.165, 1.54) is 4.57 Å². The maximum Gasteiger partial charge on any atom is 0.419 e. The molecular formula is C29H24N4O2. The van der Waals surface area contributed by atoms with Crippen molar-refractivity contribution in [3.63, 3.8) is 0 Å². The van der Waals surface area contributed by atoms with E-state index in [0.717, 1.165) is 33.3 Å². The fraction of sp³-hybridized carbons (Fsp3) is 0.138. The fourth-order valence-electron chi connectivity index (χ4n) is 4.32. The summed E-state index contributed by atoms with van der Waals surface area (Å²) in [4.78, 5) is 16.3. The average Bonchev–Trinajstić information content (AvgIpc) is 3.20. The van der Waals surface area contributed by atoms with E-state index in [1.807, 2.05) is 54.6 Å². The molecule has 1 atom stereocenters. The maximum atomic E-state index is 11.8. The summed E-state index contributed by atoms with van der Waals surface area (Å²) < 4.78 is 6.72. The first-order chi connectivity index (χ1) is 17.1. The van der Waals surface area contributed by atoms with Crippen LogP contribution in [0.3, 0.4) is 0 Å². The molecule has 6 nitrogen and oxygen atoms in total. The number of aryl methyl sites for hydroxylation is 1. The second-order valence-electron chi connectivity index (χ2n) is 8.50. The van der Waals surface area contributed by atoms with Crippen LogP contribution in [0.15, 0.2) is 107 Å². The molecule has 172 valence electrons. The second kappa shape index (κ2) is 9.80. The molecule has 0 bridgehead atoms. The molecular weight excluding hydrogens is 436 g/mol. The topological polar surface area (TPSA) is 83.8 Å². The first-order valence-electron chi connectivity index (χ1n) is 11.4. The summed E-state index contributed by atoms with van der Waals surface area (Å²) in [7, 11) is 1.69. The quantitative estimate of drug-likeness (QED) is 0.369. The summed E-state index contributed by atoms with van der Waals surface area (Å²) in [5.41, 5.74) is 6.26. The van der Waals surface area contributed by atoms with Crippen molar-refractivity contribution >= 4 is 11.1 Å². The molecule has 5 rings (SSSR count). The number of nitrogens with zero attached hydrogens (tertiary/aromatic N) is 3. The summed E-state index contributed by atoms with van der Waals surface area (Å²) in [5.74, 6) is -0.390. The van der Waals surface area contributed by atoms with E-state index in [1.54, 1.807) is 25.5 Å². The Morgan fingerprint density at radius 1 is 0.943 bits per heavy atom. The van der Waals surface area contributed by atoms with Gasteiger partial charge in [0.2, 0.25) is 0 Å². The maximum absolute atomic E-state index is 11.8. The van der Waals surface area contributed by atoms with Crippen LogP contribution in [-0.2, 0) is 13.5 Å². The monoisotopic (exact) mass is 460 g/mol. The van der Waals surface area contributed by atoms with Crippen molar-refractivity contribution in [1.29, 1.82) is 5.26 Å². The van der Waals surface area contributed by atoms with Crippen molar-refractivity contribution in [3.05, 3.63) is 125 Å². The minimum atomic E-state index is -0.422. The molecule has 0 saturated carbocycles. The standard InChI is InChI=1S/C29H24N4O2/c1-33-26-16-23(12-13-27(26)35-29(33)34)24-14-20(18-31-19-24)15-25(17-30)32-28(21-8-4-2-5-9-21)22-10-6-3-7-11-22/h2-14,16,18-19,25,28,32H,15H2,1H3. The van der Waals surface area contributed by atoms with Gasteiger partial charge in [-0.15, -0.1) is 0 Å². The zero-order valence-corrected chi connectivity index (χ0v) is 19.3. The van der Waals surface area contributed by atoms with Crippen molar-refractivity contribution < 1.29 is 4.42 Å². The molecule has 3 aromatic carbocycles. The van der Waals surface area contributed by atoms with Gasteiger partial charge in [0.1, 0.15) is 6.04 Å². The number of nitrogens with one attached hydrogen (secondary N) is 1. The van der Waals surface area contributed by atoms with Crippen LogP contribution in [0, 0.1) is 11.3 Å². The zero-order chi connectivity index (χ0) is 24.2. The van der Waals surface area contributed by atoms with Gasteiger partial charge >= 0.3 is 5.76 Å². The molecule has 0 spiro atoms. The number of aromatic nitrogens is 2. The number of oxazole rings is 1. The van der Waals surface area contributed by atoms with Gasteiger partial charge in [-0.2, -0.15) is 5.26 Å². The molecule has 0 aliphatic carbocycles. The molecule has 0 aliphatic rings. The summed E-state index contributed by atoms with van der Waals surface area (Å²) in [5, 5.41) is 13.5. The smallest absolute Gasteiger partial charge is 0.408 e. The van der Waals surface area contributed by atoms with Crippen molar-refractivity contribution in [2.75, 3.05) is 0 Å². The van der Waals surface area contributed by atoms with Crippen molar-refractivity contribution in [3.8, 4) is 17.2 Å². The third-order valence-corrected chi connectivity index (χ3v) is 6.15. The van der Waals surface area contributed by atoms with E-state index in [2.05, 4.69) is 40.6 Å².